The van der Waals surface area contributed by atoms with Crippen molar-refractivity contribution in [3.05, 3.63) is 40.3 Å². The van der Waals surface area contributed by atoms with Crippen molar-refractivity contribution in [3.8, 4) is 0 Å². The average Bonchev–Trinajstić information content (AvgIpc) is 2.57. The predicted octanol–water partition coefficient (Wildman–Crippen LogP) is 4.56. The number of aryl methyl sites for hydroxylation is 2. The highest BCUT2D eigenvalue weighted by atomic mass is 32.1. The van der Waals surface area contributed by atoms with E-state index in [1.165, 1.54) is 39.6 Å². The molecule has 1 aromatic heterocycles. The van der Waals surface area contributed by atoms with Crippen LogP contribution in [0.2, 0.25) is 0 Å². The van der Waals surface area contributed by atoms with Crippen molar-refractivity contribution in [1.82, 2.24) is 0 Å². The third kappa shape index (κ3) is 1.34. The number of hydrogen-bond acceptors (Lipinski definition) is 1. The monoisotopic (exact) mass is 214 g/mol. The normalized spacial score (nSPS) is 15.2. The molecule has 1 aromatic carbocycles. The van der Waals surface area contributed by atoms with Crippen LogP contribution in [0.4, 0.5) is 0 Å². The molecule has 3 rings (SSSR count). The van der Waals surface area contributed by atoms with E-state index in [9.17, 15) is 0 Å². The highest BCUT2D eigenvalue weighted by Crippen LogP contribution is 2.39. The minimum absolute atomic E-state index is 1.21. The lowest BCUT2D eigenvalue weighted by Crippen LogP contribution is -1.92. The molecule has 0 saturated carbocycles. The van der Waals surface area contributed by atoms with E-state index in [0.717, 1.165) is 0 Å². The van der Waals surface area contributed by atoms with E-state index < -0.39 is 0 Å². The number of allylic oxidation sites excluding steroid dienone is 2. The molecule has 1 heteroatoms. The van der Waals surface area contributed by atoms with Crippen LogP contribution in [0.25, 0.3) is 15.7 Å². The number of hydrogen-bond donors (Lipinski definition) is 0. The van der Waals surface area contributed by atoms with Crippen LogP contribution in [-0.2, 0) is 6.42 Å². The molecule has 2 aromatic rings. The summed E-state index contributed by atoms with van der Waals surface area (Å²) in [7, 11) is 0. The highest BCUT2D eigenvalue weighted by molar-refractivity contribution is 7.19. The molecule has 0 amide bonds. The van der Waals surface area contributed by atoms with E-state index in [2.05, 4.69) is 38.1 Å². The molecule has 0 aliphatic heterocycles. The van der Waals surface area contributed by atoms with Crippen molar-refractivity contribution in [1.29, 1.82) is 0 Å². The van der Waals surface area contributed by atoms with E-state index in [4.69, 9.17) is 0 Å². The first-order chi connectivity index (χ1) is 7.25. The van der Waals surface area contributed by atoms with Crippen LogP contribution in [0, 0.1) is 6.92 Å². The van der Waals surface area contributed by atoms with Gasteiger partial charge in [-0.25, -0.2) is 0 Å². The van der Waals surface area contributed by atoms with Gasteiger partial charge in [0, 0.05) is 15.0 Å². The van der Waals surface area contributed by atoms with Gasteiger partial charge in [-0.2, -0.15) is 0 Å². The SMILES string of the molecule is CC1=CCCc2sc3ccc(C)cc3c21. The molecule has 0 radical (unpaired) electrons. The summed E-state index contributed by atoms with van der Waals surface area (Å²) in [5, 5.41) is 1.46. The molecule has 1 heterocycles. The Kier molecular flexibility index (Phi) is 1.96. The second kappa shape index (κ2) is 3.21. The molecule has 76 valence electrons. The zero-order valence-electron chi connectivity index (χ0n) is 9.13. The second-order valence-electron chi connectivity index (χ2n) is 4.33. The number of benzene rings is 1. The second-order valence-corrected chi connectivity index (χ2v) is 5.46. The zero-order valence-corrected chi connectivity index (χ0v) is 9.95. The minimum Gasteiger partial charge on any atom is -0.140 e. The molecule has 0 saturated heterocycles. The zero-order chi connectivity index (χ0) is 10.4. The number of thiophene rings is 1. The van der Waals surface area contributed by atoms with Gasteiger partial charge in [-0.15, -0.1) is 11.3 Å². The van der Waals surface area contributed by atoms with E-state index in [0.29, 0.717) is 0 Å². The summed E-state index contributed by atoms with van der Waals surface area (Å²) in [6.07, 6.45) is 4.81. The lowest BCUT2D eigenvalue weighted by molar-refractivity contribution is 1.00. The fourth-order valence-electron chi connectivity index (χ4n) is 2.39. The van der Waals surface area contributed by atoms with Crippen LogP contribution >= 0.6 is 11.3 Å². The van der Waals surface area contributed by atoms with E-state index in [-0.39, 0.29) is 0 Å². The molecule has 0 spiro atoms. The maximum atomic E-state index is 2.37. The van der Waals surface area contributed by atoms with Gasteiger partial charge in [0.1, 0.15) is 0 Å². The molecule has 1 aliphatic rings. The Labute approximate surface area is 94.2 Å². The van der Waals surface area contributed by atoms with Crippen molar-refractivity contribution in [2.75, 3.05) is 0 Å². The van der Waals surface area contributed by atoms with Gasteiger partial charge in [0.2, 0.25) is 0 Å². The Balaban J connectivity index is 2.40. The van der Waals surface area contributed by atoms with Gasteiger partial charge in [-0.05, 0) is 50.0 Å². The molecule has 0 fully saturated rings. The summed E-state index contributed by atoms with van der Waals surface area (Å²) in [6, 6.07) is 6.80. The lowest BCUT2D eigenvalue weighted by atomic mass is 9.95. The van der Waals surface area contributed by atoms with Crippen molar-refractivity contribution < 1.29 is 0 Å². The molecule has 1 aliphatic carbocycles. The lowest BCUT2D eigenvalue weighted by Gasteiger charge is -2.10. The van der Waals surface area contributed by atoms with Gasteiger partial charge < -0.3 is 0 Å². The third-order valence-corrected chi connectivity index (χ3v) is 4.36. The topological polar surface area (TPSA) is 0 Å². The molecular weight excluding hydrogens is 200 g/mol. The Morgan fingerprint density at radius 1 is 1.20 bits per heavy atom. The first kappa shape index (κ1) is 9.17. The summed E-state index contributed by atoms with van der Waals surface area (Å²) < 4.78 is 1.44. The Bertz CT molecular complexity index is 558. The smallest absolute Gasteiger partial charge is 0.0352 e. The van der Waals surface area contributed by atoms with E-state index >= 15 is 0 Å². The Morgan fingerprint density at radius 3 is 2.93 bits per heavy atom. The van der Waals surface area contributed by atoms with Crippen LogP contribution in [-0.4, -0.2) is 0 Å². The summed E-state index contributed by atoms with van der Waals surface area (Å²) >= 11 is 1.97. The highest BCUT2D eigenvalue weighted by Gasteiger charge is 2.15. The van der Waals surface area contributed by atoms with Crippen LogP contribution < -0.4 is 0 Å². The first-order valence-electron chi connectivity index (χ1n) is 5.45. The fourth-order valence-corrected chi connectivity index (χ4v) is 3.66. The van der Waals surface area contributed by atoms with Gasteiger partial charge in [0.15, 0.2) is 0 Å². The van der Waals surface area contributed by atoms with Gasteiger partial charge >= 0.3 is 0 Å². The number of rotatable bonds is 0. The molecule has 0 atom stereocenters. The molecule has 0 unspecified atom stereocenters. The summed E-state index contributed by atoms with van der Waals surface area (Å²) in [5.74, 6) is 0. The van der Waals surface area contributed by atoms with Crippen LogP contribution in [0.1, 0.15) is 29.3 Å². The van der Waals surface area contributed by atoms with Gasteiger partial charge in [-0.1, -0.05) is 17.7 Å². The molecule has 15 heavy (non-hydrogen) atoms. The molecule has 0 bridgehead atoms. The summed E-state index contributed by atoms with van der Waals surface area (Å²) in [5.41, 5.74) is 4.35. The molecule has 0 N–H and O–H groups in total. The van der Waals surface area contributed by atoms with Crippen LogP contribution in [0.15, 0.2) is 24.3 Å². The first-order valence-corrected chi connectivity index (χ1v) is 6.26. The van der Waals surface area contributed by atoms with E-state index in [1.54, 1.807) is 4.88 Å². The van der Waals surface area contributed by atoms with Gasteiger partial charge in [0.25, 0.3) is 0 Å². The molecular formula is C14H14S. The van der Waals surface area contributed by atoms with Gasteiger partial charge in [-0.3, -0.25) is 0 Å². The minimum atomic E-state index is 1.21. The van der Waals surface area contributed by atoms with E-state index in [1.807, 2.05) is 11.3 Å². The van der Waals surface area contributed by atoms with Gasteiger partial charge in [0.05, 0.1) is 0 Å². The maximum absolute atomic E-state index is 2.37. The summed E-state index contributed by atoms with van der Waals surface area (Å²) in [6.45, 7) is 4.41. The maximum Gasteiger partial charge on any atom is 0.0352 e. The van der Waals surface area contributed by atoms with Crippen molar-refractivity contribution in [2.45, 2.75) is 26.7 Å². The Hall–Kier alpha value is -1.08. The largest absolute Gasteiger partial charge is 0.140 e. The van der Waals surface area contributed by atoms with Crippen LogP contribution in [0.5, 0.6) is 0 Å². The number of fused-ring (bicyclic) bond motifs is 3. The average molecular weight is 214 g/mol. The van der Waals surface area contributed by atoms with Crippen molar-refractivity contribution in [3.63, 3.8) is 0 Å². The van der Waals surface area contributed by atoms with Crippen molar-refractivity contribution >= 4 is 27.0 Å². The summed E-state index contributed by atoms with van der Waals surface area (Å²) in [4.78, 5) is 1.58. The Morgan fingerprint density at radius 2 is 2.07 bits per heavy atom. The predicted molar refractivity (Wildman–Crippen MR) is 68.5 cm³/mol. The molecule has 0 nitrogen and oxygen atoms in total. The quantitative estimate of drug-likeness (QED) is 0.603. The standard InChI is InChI=1S/C14H14S/c1-9-6-7-12-11(8-9)14-10(2)4-3-5-13(14)15-12/h4,6-8H,3,5H2,1-2H3. The third-order valence-electron chi connectivity index (χ3n) is 3.13. The van der Waals surface area contributed by atoms with Crippen molar-refractivity contribution in [2.24, 2.45) is 0 Å². The van der Waals surface area contributed by atoms with Crippen LogP contribution in [0.3, 0.4) is 0 Å². The fraction of sp³-hybridized carbons (Fsp3) is 0.286.